The first-order chi connectivity index (χ1) is 9.15. The van der Waals surface area contributed by atoms with Crippen LogP contribution < -0.4 is 5.32 Å². The molecule has 0 aliphatic heterocycles. The Morgan fingerprint density at radius 2 is 1.89 bits per heavy atom. The molecule has 1 fully saturated rings. The SMILES string of the molecule is O=[N+]([O-])c1ccc(NC/C(I)=C/[C]2[CH][CH][CH][CH]2)cc1. The Labute approximate surface area is 126 Å². The van der Waals surface area contributed by atoms with E-state index in [0.29, 0.717) is 6.54 Å². The van der Waals surface area contributed by atoms with E-state index >= 15 is 0 Å². The van der Waals surface area contributed by atoms with Gasteiger partial charge in [-0.05, 0) is 60.4 Å². The molecule has 1 N–H and O–H groups in total. The van der Waals surface area contributed by atoms with E-state index in [9.17, 15) is 10.1 Å². The number of non-ortho nitro benzene ring substituents is 1. The number of halogens is 1. The first-order valence-electron chi connectivity index (χ1n) is 5.71. The summed E-state index contributed by atoms with van der Waals surface area (Å²) in [5, 5.41) is 13.8. The van der Waals surface area contributed by atoms with Gasteiger partial charge in [-0.1, -0.05) is 6.08 Å². The van der Waals surface area contributed by atoms with E-state index in [1.54, 1.807) is 12.1 Å². The lowest BCUT2D eigenvalue weighted by Gasteiger charge is -2.07. The second-order valence-corrected chi connectivity index (χ2v) is 5.35. The van der Waals surface area contributed by atoms with Crippen molar-refractivity contribution in [3.63, 3.8) is 0 Å². The van der Waals surface area contributed by atoms with Crippen molar-refractivity contribution in [3.05, 3.63) is 75.6 Å². The highest BCUT2D eigenvalue weighted by atomic mass is 127. The van der Waals surface area contributed by atoms with E-state index in [-0.39, 0.29) is 5.69 Å². The van der Waals surface area contributed by atoms with Crippen LogP contribution >= 0.6 is 22.6 Å². The maximum Gasteiger partial charge on any atom is 0.269 e. The number of hydrogen-bond donors (Lipinski definition) is 1. The predicted molar refractivity (Wildman–Crippen MR) is 84.1 cm³/mol. The third-order valence-electron chi connectivity index (χ3n) is 2.55. The first kappa shape index (κ1) is 14.3. The highest BCUT2D eigenvalue weighted by molar-refractivity contribution is 14.1. The Balaban J connectivity index is 1.85. The molecule has 0 saturated heterocycles. The Bertz CT molecular complexity index is 465. The van der Waals surface area contributed by atoms with Gasteiger partial charge in [0.2, 0.25) is 0 Å². The summed E-state index contributed by atoms with van der Waals surface area (Å²) in [6, 6.07) is 6.42. The Morgan fingerprint density at radius 3 is 2.47 bits per heavy atom. The third kappa shape index (κ3) is 4.49. The molecule has 0 heterocycles. The topological polar surface area (TPSA) is 55.2 Å². The van der Waals surface area contributed by atoms with Crippen molar-refractivity contribution in [1.82, 2.24) is 0 Å². The second kappa shape index (κ2) is 6.88. The summed E-state index contributed by atoms with van der Waals surface area (Å²) >= 11 is 2.28. The maximum absolute atomic E-state index is 10.5. The van der Waals surface area contributed by atoms with Gasteiger partial charge in [-0.3, -0.25) is 10.1 Å². The van der Waals surface area contributed by atoms with Crippen LogP contribution in [0.2, 0.25) is 0 Å². The molecule has 4 nitrogen and oxygen atoms in total. The molecule has 2 rings (SSSR count). The first-order valence-corrected chi connectivity index (χ1v) is 6.79. The van der Waals surface area contributed by atoms with Gasteiger partial charge >= 0.3 is 0 Å². The van der Waals surface area contributed by atoms with E-state index < -0.39 is 4.92 Å². The fourth-order valence-corrected chi connectivity index (χ4v) is 2.15. The normalized spacial score (nSPS) is 16.6. The van der Waals surface area contributed by atoms with Crippen molar-refractivity contribution in [3.8, 4) is 0 Å². The molecule has 19 heavy (non-hydrogen) atoms. The van der Waals surface area contributed by atoms with Crippen molar-refractivity contribution in [1.29, 1.82) is 0 Å². The Hall–Kier alpha value is -1.11. The molecule has 5 radical (unpaired) electrons. The van der Waals surface area contributed by atoms with Gasteiger partial charge in [0, 0.05) is 33.9 Å². The van der Waals surface area contributed by atoms with Crippen LogP contribution in [0, 0.1) is 41.7 Å². The van der Waals surface area contributed by atoms with Crippen molar-refractivity contribution >= 4 is 34.0 Å². The van der Waals surface area contributed by atoms with E-state index in [4.69, 9.17) is 0 Å². The largest absolute Gasteiger partial charge is 0.381 e. The van der Waals surface area contributed by atoms with Crippen LogP contribution in [-0.4, -0.2) is 11.5 Å². The molecule has 1 aromatic rings. The zero-order valence-corrected chi connectivity index (χ0v) is 12.2. The third-order valence-corrected chi connectivity index (χ3v) is 3.24. The minimum atomic E-state index is -0.400. The summed E-state index contributed by atoms with van der Waals surface area (Å²) in [6.45, 7) is 0.698. The zero-order valence-electron chi connectivity index (χ0n) is 10.0. The maximum atomic E-state index is 10.5. The van der Waals surface area contributed by atoms with Crippen LogP contribution in [0.1, 0.15) is 0 Å². The molecule has 0 bridgehead atoms. The summed E-state index contributed by atoms with van der Waals surface area (Å²) in [6.07, 6.45) is 10.2. The van der Waals surface area contributed by atoms with Crippen LogP contribution in [0.4, 0.5) is 11.4 Å². The molecular formula is C14H12IN2O2. The van der Waals surface area contributed by atoms with E-state index in [2.05, 4.69) is 34.0 Å². The van der Waals surface area contributed by atoms with Gasteiger partial charge < -0.3 is 5.32 Å². The lowest BCUT2D eigenvalue weighted by molar-refractivity contribution is -0.384. The molecule has 0 atom stereocenters. The minimum Gasteiger partial charge on any atom is -0.381 e. The second-order valence-electron chi connectivity index (χ2n) is 3.97. The molecule has 5 heteroatoms. The molecule has 1 aliphatic carbocycles. The number of allylic oxidation sites excluding steroid dienone is 1. The number of rotatable bonds is 5. The fraction of sp³-hybridized carbons (Fsp3) is 0.0714. The minimum absolute atomic E-state index is 0.104. The number of nitro benzene ring substituents is 1. The molecule has 1 saturated carbocycles. The number of hydrogen-bond acceptors (Lipinski definition) is 3. The molecule has 0 amide bonds. The molecule has 1 aromatic carbocycles. The number of benzene rings is 1. The molecule has 1 aliphatic rings. The van der Waals surface area contributed by atoms with Crippen molar-refractivity contribution in [2.45, 2.75) is 0 Å². The molecule has 0 aromatic heterocycles. The highest BCUT2D eigenvalue weighted by Crippen LogP contribution is 2.27. The van der Waals surface area contributed by atoms with Crippen molar-refractivity contribution in [2.75, 3.05) is 11.9 Å². The van der Waals surface area contributed by atoms with E-state index in [0.717, 1.165) is 5.69 Å². The molecule has 0 spiro atoms. The van der Waals surface area contributed by atoms with E-state index in [1.807, 2.05) is 25.7 Å². The van der Waals surface area contributed by atoms with Crippen molar-refractivity contribution in [2.24, 2.45) is 0 Å². The molecule has 0 unspecified atom stereocenters. The lowest BCUT2D eigenvalue weighted by Crippen LogP contribution is -2.02. The fourth-order valence-electron chi connectivity index (χ4n) is 1.60. The smallest absolute Gasteiger partial charge is 0.269 e. The monoisotopic (exact) mass is 367 g/mol. The summed E-state index contributed by atoms with van der Waals surface area (Å²) in [5.74, 6) is 1.18. The highest BCUT2D eigenvalue weighted by Gasteiger charge is 2.14. The zero-order chi connectivity index (χ0) is 13.7. The number of nitrogens with zero attached hydrogens (tertiary/aromatic N) is 1. The average Bonchev–Trinajstić information content (AvgIpc) is 2.89. The quantitative estimate of drug-likeness (QED) is 0.490. The summed E-state index contributed by atoms with van der Waals surface area (Å²) in [4.78, 5) is 10.1. The molecular weight excluding hydrogens is 355 g/mol. The Kier molecular flexibility index (Phi) is 5.18. The average molecular weight is 367 g/mol. The van der Waals surface area contributed by atoms with Gasteiger partial charge in [0.15, 0.2) is 0 Å². The van der Waals surface area contributed by atoms with Crippen LogP contribution in [-0.2, 0) is 0 Å². The van der Waals surface area contributed by atoms with Gasteiger partial charge in [0.05, 0.1) is 4.92 Å². The number of nitrogens with one attached hydrogen (secondary N) is 1. The summed E-state index contributed by atoms with van der Waals surface area (Å²) in [7, 11) is 0. The van der Waals surface area contributed by atoms with Gasteiger partial charge in [-0.15, -0.1) is 0 Å². The number of anilines is 1. The van der Waals surface area contributed by atoms with Crippen LogP contribution in [0.25, 0.3) is 0 Å². The van der Waals surface area contributed by atoms with Crippen molar-refractivity contribution < 1.29 is 4.92 Å². The van der Waals surface area contributed by atoms with Gasteiger partial charge in [-0.2, -0.15) is 0 Å². The van der Waals surface area contributed by atoms with Gasteiger partial charge in [-0.25, -0.2) is 0 Å². The van der Waals surface area contributed by atoms with Crippen LogP contribution in [0.15, 0.2) is 33.9 Å². The van der Waals surface area contributed by atoms with Crippen LogP contribution in [0.3, 0.4) is 0 Å². The summed E-state index contributed by atoms with van der Waals surface area (Å²) < 4.78 is 1.17. The van der Waals surface area contributed by atoms with Gasteiger partial charge in [0.25, 0.3) is 5.69 Å². The van der Waals surface area contributed by atoms with Gasteiger partial charge in [0.1, 0.15) is 0 Å². The molecule has 97 valence electrons. The van der Waals surface area contributed by atoms with E-state index in [1.165, 1.54) is 21.6 Å². The number of nitro groups is 1. The standard InChI is InChI=1S/C14H12IN2O2/c15-12(9-11-3-1-2-4-11)10-16-13-5-7-14(8-6-13)17(18)19/h1-9,16H,10H2/b12-9-. The van der Waals surface area contributed by atoms with Crippen LogP contribution in [0.5, 0.6) is 0 Å². The summed E-state index contributed by atoms with van der Waals surface area (Å²) in [5.41, 5.74) is 0.975. The Morgan fingerprint density at radius 1 is 1.26 bits per heavy atom. The lowest BCUT2D eigenvalue weighted by atomic mass is 10.1. The predicted octanol–water partition coefficient (Wildman–Crippen LogP) is 3.73.